The van der Waals surface area contributed by atoms with Crippen molar-refractivity contribution in [3.8, 4) is 0 Å². The third-order valence-electron chi connectivity index (χ3n) is 3.82. The number of nitrogens with zero attached hydrogens (tertiary/aromatic N) is 2. The molecular formula is C13H17ClN2O3S. The van der Waals surface area contributed by atoms with E-state index in [1.165, 1.54) is 9.87 Å². The Kier molecular flexibility index (Phi) is 4.01. The van der Waals surface area contributed by atoms with Gasteiger partial charge < -0.3 is 4.90 Å². The number of fused-ring (bicyclic) bond motifs is 1. The topological polar surface area (TPSA) is 49.9 Å². The molecule has 1 aromatic carbocycles. The average molecular weight is 317 g/mol. The summed E-state index contributed by atoms with van der Waals surface area (Å²) in [5, 5.41) is 0.752. The zero-order valence-electron chi connectivity index (χ0n) is 11.0. The lowest BCUT2D eigenvalue weighted by molar-refractivity contribution is 0.142. The molecule has 2 heterocycles. The highest BCUT2D eigenvalue weighted by atomic mass is 35.5. The number of hydrogen-bond donors (Lipinski definition) is 0. The quantitative estimate of drug-likeness (QED) is 0.839. The number of halogens is 1. The van der Waals surface area contributed by atoms with Crippen LogP contribution in [0.3, 0.4) is 0 Å². The zero-order chi connectivity index (χ0) is 14.2. The molecule has 2 saturated heterocycles. The molecule has 1 unspecified atom stereocenters. The average Bonchev–Trinajstić information content (AvgIpc) is 2.72. The molecule has 0 radical (unpaired) electrons. The first-order valence-electron chi connectivity index (χ1n) is 6.67. The Morgan fingerprint density at radius 3 is 3.00 bits per heavy atom. The van der Waals surface area contributed by atoms with Crippen LogP contribution in [0.5, 0.6) is 0 Å². The van der Waals surface area contributed by atoms with Crippen molar-refractivity contribution in [3.63, 3.8) is 0 Å². The molecule has 3 rings (SSSR count). The fourth-order valence-electron chi connectivity index (χ4n) is 2.75. The molecule has 5 nitrogen and oxygen atoms in total. The van der Waals surface area contributed by atoms with Crippen molar-refractivity contribution in [1.82, 2.24) is 9.21 Å². The normalized spacial score (nSPS) is 26.6. The van der Waals surface area contributed by atoms with Gasteiger partial charge in [-0.05, 0) is 24.1 Å². The maximum absolute atomic E-state index is 11.6. The third kappa shape index (κ3) is 2.99. The molecule has 2 fully saturated rings. The Morgan fingerprint density at radius 1 is 1.35 bits per heavy atom. The number of piperazine rings is 1. The molecule has 0 saturated carbocycles. The first kappa shape index (κ1) is 14.3. The van der Waals surface area contributed by atoms with Crippen molar-refractivity contribution in [3.05, 3.63) is 34.9 Å². The van der Waals surface area contributed by atoms with E-state index in [0.717, 1.165) is 31.1 Å². The fraction of sp³-hybridized carbons (Fsp3) is 0.538. The van der Waals surface area contributed by atoms with Crippen LogP contribution >= 0.6 is 11.6 Å². The van der Waals surface area contributed by atoms with Gasteiger partial charge in [-0.1, -0.05) is 23.7 Å². The third-order valence-corrected chi connectivity index (χ3v) is 5.54. The van der Waals surface area contributed by atoms with Gasteiger partial charge in [0.05, 0.1) is 12.6 Å². The van der Waals surface area contributed by atoms with Crippen molar-refractivity contribution in [2.24, 2.45) is 0 Å². The van der Waals surface area contributed by atoms with Gasteiger partial charge in [0.15, 0.2) is 0 Å². The van der Waals surface area contributed by atoms with E-state index < -0.39 is 10.3 Å². The highest BCUT2D eigenvalue weighted by molar-refractivity contribution is 7.84. The smallest absolute Gasteiger partial charge is 0.300 e. The van der Waals surface area contributed by atoms with Crippen LogP contribution in [0.15, 0.2) is 24.3 Å². The monoisotopic (exact) mass is 316 g/mol. The first-order valence-corrected chi connectivity index (χ1v) is 8.42. The van der Waals surface area contributed by atoms with E-state index >= 15 is 0 Å². The molecule has 0 spiro atoms. The second-order valence-corrected chi connectivity index (χ2v) is 7.18. The Bertz CT molecular complexity index is 593. The molecule has 1 atom stereocenters. The predicted octanol–water partition coefficient (Wildman–Crippen LogP) is 1.14. The van der Waals surface area contributed by atoms with Crippen LogP contribution in [0.4, 0.5) is 0 Å². The Hall–Kier alpha value is -0.660. The molecule has 20 heavy (non-hydrogen) atoms. The molecule has 0 amide bonds. The SMILES string of the molecule is O=S1(=O)OCC2CN(CCc3cccc(Cl)c3)CCN21. The highest BCUT2D eigenvalue weighted by Gasteiger charge is 2.41. The molecule has 0 N–H and O–H groups in total. The number of rotatable bonds is 3. The van der Waals surface area contributed by atoms with E-state index in [-0.39, 0.29) is 12.6 Å². The number of benzene rings is 1. The summed E-state index contributed by atoms with van der Waals surface area (Å²) in [6.07, 6.45) is 0.918. The van der Waals surface area contributed by atoms with E-state index in [1.807, 2.05) is 18.2 Å². The van der Waals surface area contributed by atoms with Crippen molar-refractivity contribution < 1.29 is 12.6 Å². The Balaban J connectivity index is 1.56. The van der Waals surface area contributed by atoms with E-state index in [2.05, 4.69) is 11.0 Å². The van der Waals surface area contributed by atoms with Gasteiger partial charge in [0.2, 0.25) is 0 Å². The summed E-state index contributed by atoms with van der Waals surface area (Å²) in [7, 11) is -3.45. The van der Waals surface area contributed by atoms with Gasteiger partial charge in [-0.25, -0.2) is 0 Å². The van der Waals surface area contributed by atoms with Gasteiger partial charge in [-0.2, -0.15) is 12.7 Å². The van der Waals surface area contributed by atoms with Gasteiger partial charge in [0.25, 0.3) is 0 Å². The largest absolute Gasteiger partial charge is 0.338 e. The summed E-state index contributed by atoms with van der Waals surface area (Å²) >= 11 is 5.97. The Morgan fingerprint density at radius 2 is 2.20 bits per heavy atom. The minimum atomic E-state index is -3.45. The van der Waals surface area contributed by atoms with E-state index in [9.17, 15) is 8.42 Å². The standard InChI is InChI=1S/C13H17ClN2O3S/c14-12-3-1-2-11(8-12)4-5-15-6-7-16-13(9-15)10-19-20(16,17)18/h1-3,8,13H,4-7,9-10H2. The Labute approximate surface area is 124 Å². The van der Waals surface area contributed by atoms with Gasteiger partial charge >= 0.3 is 10.3 Å². The first-order chi connectivity index (χ1) is 9.54. The summed E-state index contributed by atoms with van der Waals surface area (Å²) in [5.74, 6) is 0. The van der Waals surface area contributed by atoms with E-state index in [1.54, 1.807) is 0 Å². The molecule has 0 bridgehead atoms. The lowest BCUT2D eigenvalue weighted by Crippen LogP contribution is -2.52. The molecule has 0 aromatic heterocycles. The van der Waals surface area contributed by atoms with Crippen LogP contribution in [-0.4, -0.2) is 56.5 Å². The minimum Gasteiger partial charge on any atom is -0.300 e. The van der Waals surface area contributed by atoms with Gasteiger partial charge in [0.1, 0.15) is 0 Å². The second kappa shape index (κ2) is 5.61. The maximum atomic E-state index is 11.6. The maximum Gasteiger partial charge on any atom is 0.338 e. The molecular weight excluding hydrogens is 300 g/mol. The predicted molar refractivity (Wildman–Crippen MR) is 77.0 cm³/mol. The van der Waals surface area contributed by atoms with Gasteiger partial charge in [-0.3, -0.25) is 4.18 Å². The van der Waals surface area contributed by atoms with Gasteiger partial charge in [0, 0.05) is 31.2 Å². The van der Waals surface area contributed by atoms with Crippen molar-refractivity contribution in [2.45, 2.75) is 12.5 Å². The highest BCUT2D eigenvalue weighted by Crippen LogP contribution is 2.22. The van der Waals surface area contributed by atoms with Crippen molar-refractivity contribution >= 4 is 21.9 Å². The summed E-state index contributed by atoms with van der Waals surface area (Å²) in [5.41, 5.74) is 1.20. The minimum absolute atomic E-state index is 0.0342. The molecule has 110 valence electrons. The van der Waals surface area contributed by atoms with Crippen molar-refractivity contribution in [2.75, 3.05) is 32.8 Å². The van der Waals surface area contributed by atoms with Crippen LogP contribution in [0, 0.1) is 0 Å². The second-order valence-electron chi connectivity index (χ2n) is 5.19. The van der Waals surface area contributed by atoms with Crippen molar-refractivity contribution in [1.29, 1.82) is 0 Å². The van der Waals surface area contributed by atoms with Gasteiger partial charge in [-0.15, -0.1) is 0 Å². The summed E-state index contributed by atoms with van der Waals surface area (Å²) in [6, 6.07) is 7.82. The molecule has 2 aliphatic heterocycles. The zero-order valence-corrected chi connectivity index (χ0v) is 12.6. The molecule has 7 heteroatoms. The lowest BCUT2D eigenvalue weighted by atomic mass is 10.1. The van der Waals surface area contributed by atoms with E-state index in [4.69, 9.17) is 15.8 Å². The van der Waals surface area contributed by atoms with Crippen LogP contribution in [0.25, 0.3) is 0 Å². The van der Waals surface area contributed by atoms with Crippen LogP contribution in [-0.2, 0) is 20.9 Å². The van der Waals surface area contributed by atoms with Crippen LogP contribution in [0.1, 0.15) is 5.56 Å². The summed E-state index contributed by atoms with van der Waals surface area (Å²) in [6.45, 7) is 3.18. The van der Waals surface area contributed by atoms with E-state index in [0.29, 0.717) is 6.54 Å². The summed E-state index contributed by atoms with van der Waals surface area (Å²) < 4.78 is 29.5. The molecule has 0 aliphatic carbocycles. The lowest BCUT2D eigenvalue weighted by Gasteiger charge is -2.34. The van der Waals surface area contributed by atoms with Crippen LogP contribution < -0.4 is 0 Å². The summed E-state index contributed by atoms with van der Waals surface area (Å²) in [4.78, 5) is 2.28. The molecule has 1 aromatic rings. The fourth-order valence-corrected chi connectivity index (χ4v) is 4.22. The molecule has 2 aliphatic rings. The van der Waals surface area contributed by atoms with Crippen LogP contribution in [0.2, 0.25) is 5.02 Å². The number of hydrogen-bond acceptors (Lipinski definition) is 4.